The maximum Gasteiger partial charge on any atom is 0.109 e. The van der Waals surface area contributed by atoms with Crippen molar-refractivity contribution in [2.24, 2.45) is 0 Å². The number of benzene rings is 1. The van der Waals surface area contributed by atoms with Crippen LogP contribution in [0.2, 0.25) is 5.02 Å². The molecule has 0 aliphatic heterocycles. The first-order valence-electron chi connectivity index (χ1n) is 6.07. The first-order valence-corrected chi connectivity index (χ1v) is 6.92. The molecule has 0 radical (unpaired) electrons. The number of aromatic nitrogens is 2. The van der Waals surface area contributed by atoms with Crippen LogP contribution in [0.5, 0.6) is 0 Å². The number of aliphatic hydroxyl groups is 1. The molecule has 0 aliphatic carbocycles. The Morgan fingerprint density at radius 2 is 2.16 bits per heavy atom. The Bertz CT molecular complexity index is 568. The Balaban J connectivity index is 2.29. The number of hydrogen-bond donors (Lipinski definition) is 1. The van der Waals surface area contributed by atoms with Crippen molar-refractivity contribution >= 4 is 29.2 Å². The monoisotopic (exact) mass is 294 g/mol. The molecule has 1 heterocycles. The molecule has 0 bridgehead atoms. The van der Waals surface area contributed by atoms with E-state index in [2.05, 4.69) is 4.98 Å². The van der Waals surface area contributed by atoms with Crippen LogP contribution in [0, 0.1) is 0 Å². The number of rotatable bonds is 6. The summed E-state index contributed by atoms with van der Waals surface area (Å²) in [6, 6.07) is 7.70. The zero-order valence-electron chi connectivity index (χ0n) is 10.4. The summed E-state index contributed by atoms with van der Waals surface area (Å²) in [5.41, 5.74) is 1.81. The molecule has 0 saturated heterocycles. The van der Waals surface area contributed by atoms with Gasteiger partial charge >= 0.3 is 0 Å². The summed E-state index contributed by atoms with van der Waals surface area (Å²) in [4.78, 5) is 4.34. The van der Waals surface area contributed by atoms with Gasteiger partial charge in [-0.25, -0.2) is 4.98 Å². The second kappa shape index (κ2) is 6.80. The van der Waals surface area contributed by atoms with Crippen LogP contribution in [0.3, 0.4) is 0 Å². The molecule has 1 aromatic carbocycles. The molecule has 3 nitrogen and oxygen atoms in total. The van der Waals surface area contributed by atoms with Gasteiger partial charge in [0, 0.05) is 11.4 Å². The van der Waals surface area contributed by atoms with Crippen molar-refractivity contribution in [2.45, 2.75) is 26.0 Å². The number of thiocarbonyl (C=S) groups is 1. The van der Waals surface area contributed by atoms with Gasteiger partial charge in [0.2, 0.25) is 0 Å². The molecule has 0 unspecified atom stereocenters. The van der Waals surface area contributed by atoms with Crippen LogP contribution in [-0.4, -0.2) is 20.0 Å². The lowest BCUT2D eigenvalue weighted by molar-refractivity contribution is 0.271. The molecule has 2 aromatic rings. The van der Waals surface area contributed by atoms with Gasteiger partial charge in [0.25, 0.3) is 0 Å². The quantitative estimate of drug-likeness (QED) is 0.832. The van der Waals surface area contributed by atoms with Crippen molar-refractivity contribution in [2.75, 3.05) is 0 Å². The van der Waals surface area contributed by atoms with Crippen LogP contribution < -0.4 is 0 Å². The number of nitrogens with zero attached hydrogens (tertiary/aromatic N) is 2. The molecule has 1 aromatic heterocycles. The Labute approximate surface area is 122 Å². The van der Waals surface area contributed by atoms with E-state index in [0.717, 1.165) is 34.9 Å². The highest BCUT2D eigenvalue weighted by Gasteiger charge is 2.10. The van der Waals surface area contributed by atoms with Crippen molar-refractivity contribution in [3.8, 4) is 0 Å². The molecule has 5 heteroatoms. The van der Waals surface area contributed by atoms with E-state index in [9.17, 15) is 5.11 Å². The van der Waals surface area contributed by atoms with Gasteiger partial charge < -0.3 is 9.67 Å². The first-order chi connectivity index (χ1) is 9.26. The highest BCUT2D eigenvalue weighted by molar-refractivity contribution is 7.78. The minimum Gasteiger partial charge on any atom is -0.390 e. The van der Waals surface area contributed by atoms with E-state index in [1.54, 1.807) is 11.6 Å². The highest BCUT2D eigenvalue weighted by Crippen LogP contribution is 2.18. The van der Waals surface area contributed by atoms with Crippen molar-refractivity contribution in [3.63, 3.8) is 0 Å². The molecule has 0 spiro atoms. The van der Waals surface area contributed by atoms with E-state index < -0.39 is 0 Å². The highest BCUT2D eigenvalue weighted by atomic mass is 35.5. The average Bonchev–Trinajstić information content (AvgIpc) is 2.81. The van der Waals surface area contributed by atoms with Gasteiger partial charge in [-0.15, -0.1) is 0 Å². The van der Waals surface area contributed by atoms with Gasteiger partial charge in [-0.3, -0.25) is 0 Å². The van der Waals surface area contributed by atoms with Crippen LogP contribution in [-0.2, 0) is 19.6 Å². The molecule has 19 heavy (non-hydrogen) atoms. The Kier molecular flexibility index (Phi) is 5.07. The summed E-state index contributed by atoms with van der Waals surface area (Å²) >= 11 is 11.0. The van der Waals surface area contributed by atoms with Crippen molar-refractivity contribution in [1.82, 2.24) is 9.55 Å². The zero-order valence-corrected chi connectivity index (χ0v) is 12.0. The van der Waals surface area contributed by atoms with Gasteiger partial charge in [0.1, 0.15) is 5.82 Å². The third kappa shape index (κ3) is 3.41. The second-order valence-corrected chi connectivity index (χ2v) is 4.95. The number of hydrogen-bond acceptors (Lipinski definition) is 3. The summed E-state index contributed by atoms with van der Waals surface area (Å²) in [6.45, 7) is 0.581. The van der Waals surface area contributed by atoms with E-state index in [1.165, 1.54) is 0 Å². The summed E-state index contributed by atoms with van der Waals surface area (Å²) in [7, 11) is 0. The van der Waals surface area contributed by atoms with Gasteiger partial charge in [0.15, 0.2) is 0 Å². The molecule has 100 valence electrons. The fraction of sp³-hybridized carbons (Fsp3) is 0.286. The number of aliphatic hydroxyl groups excluding tert-OH is 1. The molecule has 2 rings (SSSR count). The molecular formula is C14H15ClN2OS. The van der Waals surface area contributed by atoms with Crippen molar-refractivity contribution in [3.05, 3.63) is 52.6 Å². The lowest BCUT2D eigenvalue weighted by Gasteiger charge is -2.11. The second-order valence-electron chi connectivity index (χ2n) is 4.21. The van der Waals surface area contributed by atoms with E-state index in [-0.39, 0.29) is 6.61 Å². The Morgan fingerprint density at radius 3 is 2.84 bits per heavy atom. The standard InChI is InChI=1S/C14H15ClN2OS/c15-13-5-2-1-4-11(13)9-17-12(10-18)8-16-14(17)6-3-7-19/h1-2,4-5,7-8,18H,3,6,9-10H2. The number of halogens is 1. The smallest absolute Gasteiger partial charge is 0.109 e. The minimum absolute atomic E-state index is 0.0327. The molecule has 1 N–H and O–H groups in total. The van der Waals surface area contributed by atoms with Crippen LogP contribution in [0.25, 0.3) is 0 Å². The summed E-state index contributed by atoms with van der Waals surface area (Å²) in [5.74, 6) is 0.921. The predicted molar refractivity (Wildman–Crippen MR) is 80.7 cm³/mol. The molecule has 0 atom stereocenters. The average molecular weight is 295 g/mol. The van der Waals surface area contributed by atoms with Crippen LogP contribution in [0.4, 0.5) is 0 Å². The molecule has 0 amide bonds. The summed E-state index contributed by atoms with van der Waals surface area (Å²) in [5, 5.41) is 11.8. The van der Waals surface area contributed by atoms with Crippen LogP contribution in [0.15, 0.2) is 30.5 Å². The summed E-state index contributed by atoms with van der Waals surface area (Å²) in [6.07, 6.45) is 3.27. The topological polar surface area (TPSA) is 38.1 Å². The number of imidazole rings is 1. The van der Waals surface area contributed by atoms with Gasteiger partial charge in [-0.05, 0) is 23.4 Å². The minimum atomic E-state index is -0.0327. The van der Waals surface area contributed by atoms with Crippen molar-refractivity contribution < 1.29 is 5.11 Å². The number of aryl methyl sites for hydroxylation is 1. The van der Waals surface area contributed by atoms with Crippen LogP contribution >= 0.6 is 23.8 Å². The lowest BCUT2D eigenvalue weighted by atomic mass is 10.2. The third-order valence-electron chi connectivity index (χ3n) is 2.95. The third-order valence-corrected chi connectivity index (χ3v) is 3.56. The Hall–Kier alpha value is -1.23. The van der Waals surface area contributed by atoms with E-state index in [1.807, 2.05) is 28.8 Å². The fourth-order valence-corrected chi connectivity index (χ4v) is 2.27. The largest absolute Gasteiger partial charge is 0.390 e. The summed E-state index contributed by atoms with van der Waals surface area (Å²) < 4.78 is 2.00. The van der Waals surface area contributed by atoms with E-state index in [0.29, 0.717) is 6.54 Å². The first kappa shape index (κ1) is 14.2. The molecular weight excluding hydrogens is 280 g/mol. The molecule has 0 saturated carbocycles. The van der Waals surface area contributed by atoms with E-state index >= 15 is 0 Å². The maximum atomic E-state index is 9.38. The Morgan fingerprint density at radius 1 is 1.37 bits per heavy atom. The predicted octanol–water partition coefficient (Wildman–Crippen LogP) is 3.01. The molecule has 0 fully saturated rings. The van der Waals surface area contributed by atoms with Gasteiger partial charge in [0.05, 0.1) is 25.0 Å². The zero-order chi connectivity index (χ0) is 13.7. The SMILES string of the molecule is OCc1cnc(CCC=S)n1Cc1ccccc1Cl. The van der Waals surface area contributed by atoms with Crippen molar-refractivity contribution in [1.29, 1.82) is 0 Å². The van der Waals surface area contributed by atoms with Gasteiger partial charge in [-0.1, -0.05) is 42.0 Å². The van der Waals surface area contributed by atoms with E-state index in [4.69, 9.17) is 23.8 Å². The lowest BCUT2D eigenvalue weighted by Crippen LogP contribution is -2.09. The normalized spacial score (nSPS) is 10.6. The van der Waals surface area contributed by atoms with Gasteiger partial charge in [-0.2, -0.15) is 0 Å². The van der Waals surface area contributed by atoms with Crippen LogP contribution in [0.1, 0.15) is 23.5 Å². The maximum absolute atomic E-state index is 9.38. The molecule has 0 aliphatic rings. The fourth-order valence-electron chi connectivity index (χ4n) is 1.96.